The lowest BCUT2D eigenvalue weighted by Crippen LogP contribution is -2.47. The topological polar surface area (TPSA) is 84.9 Å². The number of nitrogens with one attached hydrogen (secondary N) is 2. The fourth-order valence-corrected chi connectivity index (χ4v) is 4.02. The summed E-state index contributed by atoms with van der Waals surface area (Å²) < 4.78 is 67.0. The SMILES string of the molecule is CC(C)(O)C(=O)NCc1ccc(C(=O)Nc2ccc(Cl)cc2N2CCN(CCC(F)(F)F)CC2)c(F)c1F. The smallest absolute Gasteiger partial charge is 0.381 e. The van der Waals surface area contributed by atoms with Crippen LogP contribution in [-0.2, 0) is 11.3 Å². The van der Waals surface area contributed by atoms with Crippen LogP contribution in [0.4, 0.5) is 33.3 Å². The summed E-state index contributed by atoms with van der Waals surface area (Å²) in [5, 5.41) is 14.9. The Bertz CT molecular complexity index is 1180. The fourth-order valence-electron chi connectivity index (χ4n) is 3.85. The number of hydrogen-bond acceptors (Lipinski definition) is 5. The van der Waals surface area contributed by atoms with Crippen LogP contribution in [0.2, 0.25) is 5.02 Å². The molecule has 0 bridgehead atoms. The van der Waals surface area contributed by atoms with Crippen molar-refractivity contribution < 1.29 is 36.6 Å². The first-order chi connectivity index (χ1) is 17.7. The van der Waals surface area contributed by atoms with E-state index in [1.165, 1.54) is 26.0 Å². The molecule has 2 aromatic carbocycles. The average Bonchev–Trinajstić information content (AvgIpc) is 2.83. The van der Waals surface area contributed by atoms with Gasteiger partial charge in [0.2, 0.25) is 0 Å². The van der Waals surface area contributed by atoms with E-state index in [1.807, 2.05) is 4.90 Å². The number of carbonyl (C=O) groups is 2. The molecule has 208 valence electrons. The third-order valence-corrected chi connectivity index (χ3v) is 6.27. The molecule has 0 unspecified atom stereocenters. The van der Waals surface area contributed by atoms with E-state index >= 15 is 0 Å². The van der Waals surface area contributed by atoms with Gasteiger partial charge in [-0.1, -0.05) is 17.7 Å². The van der Waals surface area contributed by atoms with Gasteiger partial charge in [0, 0.05) is 49.9 Å². The number of halogens is 6. The van der Waals surface area contributed by atoms with Gasteiger partial charge in [-0.25, -0.2) is 8.78 Å². The van der Waals surface area contributed by atoms with Crippen molar-refractivity contribution in [2.75, 3.05) is 42.9 Å². The van der Waals surface area contributed by atoms with Crippen LogP contribution >= 0.6 is 11.6 Å². The van der Waals surface area contributed by atoms with Gasteiger partial charge in [-0.2, -0.15) is 13.2 Å². The number of piperazine rings is 1. The first-order valence-electron chi connectivity index (χ1n) is 11.8. The maximum absolute atomic E-state index is 14.8. The number of rotatable bonds is 8. The average molecular weight is 563 g/mol. The van der Waals surface area contributed by atoms with Crippen molar-refractivity contribution in [3.63, 3.8) is 0 Å². The van der Waals surface area contributed by atoms with E-state index < -0.39 is 53.8 Å². The van der Waals surface area contributed by atoms with E-state index in [4.69, 9.17) is 11.6 Å². The molecule has 2 amide bonds. The Labute approximate surface area is 221 Å². The molecule has 1 aliphatic rings. The highest BCUT2D eigenvalue weighted by Crippen LogP contribution is 2.31. The molecule has 0 saturated carbocycles. The summed E-state index contributed by atoms with van der Waals surface area (Å²) in [6, 6.07) is 6.81. The second-order valence-corrected chi connectivity index (χ2v) is 9.89. The number of hydrogen-bond donors (Lipinski definition) is 3. The Morgan fingerprint density at radius 3 is 2.29 bits per heavy atom. The van der Waals surface area contributed by atoms with Crippen molar-refractivity contribution in [2.45, 2.75) is 38.6 Å². The second kappa shape index (κ2) is 11.8. The van der Waals surface area contributed by atoms with Gasteiger partial charge in [0.05, 0.1) is 23.4 Å². The van der Waals surface area contributed by atoms with Crippen molar-refractivity contribution >= 4 is 34.8 Å². The highest BCUT2D eigenvalue weighted by atomic mass is 35.5. The predicted molar refractivity (Wildman–Crippen MR) is 133 cm³/mol. The van der Waals surface area contributed by atoms with Gasteiger partial charge >= 0.3 is 6.18 Å². The Morgan fingerprint density at radius 1 is 1.03 bits per heavy atom. The Hall–Kier alpha value is -2.96. The molecule has 0 aromatic heterocycles. The molecule has 1 saturated heterocycles. The number of carbonyl (C=O) groups excluding carboxylic acids is 2. The molecule has 7 nitrogen and oxygen atoms in total. The van der Waals surface area contributed by atoms with Crippen LogP contribution in [0.1, 0.15) is 36.2 Å². The van der Waals surface area contributed by atoms with Gasteiger partial charge in [-0.05, 0) is 38.1 Å². The zero-order chi connectivity index (χ0) is 28.3. The molecule has 0 radical (unpaired) electrons. The molecule has 0 spiro atoms. The summed E-state index contributed by atoms with van der Waals surface area (Å²) >= 11 is 6.13. The highest BCUT2D eigenvalue weighted by molar-refractivity contribution is 6.31. The zero-order valence-electron chi connectivity index (χ0n) is 20.8. The molecule has 0 aliphatic carbocycles. The first kappa shape index (κ1) is 29.6. The molecule has 3 N–H and O–H groups in total. The lowest BCUT2D eigenvalue weighted by atomic mass is 10.1. The first-order valence-corrected chi connectivity index (χ1v) is 12.2. The van der Waals surface area contributed by atoms with E-state index in [-0.39, 0.29) is 17.8 Å². The Balaban J connectivity index is 1.71. The van der Waals surface area contributed by atoms with E-state index in [1.54, 1.807) is 11.0 Å². The molecule has 0 atom stereocenters. The van der Waals surface area contributed by atoms with Crippen molar-refractivity contribution in [3.05, 3.63) is 58.1 Å². The number of benzene rings is 2. The number of amides is 2. The van der Waals surface area contributed by atoms with Crippen molar-refractivity contribution in [3.8, 4) is 0 Å². The molecule has 3 rings (SSSR count). The third kappa shape index (κ3) is 7.78. The summed E-state index contributed by atoms with van der Waals surface area (Å²) in [6.45, 7) is 3.44. The predicted octanol–water partition coefficient (Wildman–Crippen LogP) is 4.33. The number of nitrogens with zero attached hydrogens (tertiary/aromatic N) is 2. The number of aliphatic hydroxyl groups is 1. The van der Waals surface area contributed by atoms with Crippen LogP contribution in [0.25, 0.3) is 0 Å². The van der Waals surface area contributed by atoms with Crippen LogP contribution < -0.4 is 15.5 Å². The quantitative estimate of drug-likeness (QED) is 0.417. The van der Waals surface area contributed by atoms with Crippen LogP contribution in [-0.4, -0.2) is 66.3 Å². The summed E-state index contributed by atoms with van der Waals surface area (Å²) in [6.07, 6.45) is -5.14. The number of alkyl halides is 3. The van der Waals surface area contributed by atoms with E-state index in [9.17, 15) is 36.6 Å². The summed E-state index contributed by atoms with van der Waals surface area (Å²) in [5.41, 5.74) is -1.73. The molecule has 38 heavy (non-hydrogen) atoms. The molecule has 2 aromatic rings. The zero-order valence-corrected chi connectivity index (χ0v) is 21.5. The van der Waals surface area contributed by atoms with Gasteiger partial charge in [0.1, 0.15) is 5.60 Å². The molecule has 1 heterocycles. The van der Waals surface area contributed by atoms with Gasteiger partial charge < -0.3 is 20.6 Å². The van der Waals surface area contributed by atoms with Crippen LogP contribution in [0.5, 0.6) is 0 Å². The van der Waals surface area contributed by atoms with Crippen LogP contribution in [0.3, 0.4) is 0 Å². The molecular formula is C25H28ClF5N4O3. The van der Waals surface area contributed by atoms with Crippen molar-refractivity contribution in [2.24, 2.45) is 0 Å². The normalized spacial score (nSPS) is 14.9. The van der Waals surface area contributed by atoms with E-state index in [0.717, 1.165) is 12.1 Å². The minimum Gasteiger partial charge on any atom is -0.381 e. The van der Waals surface area contributed by atoms with Crippen molar-refractivity contribution in [1.29, 1.82) is 0 Å². The van der Waals surface area contributed by atoms with Gasteiger partial charge in [-0.3, -0.25) is 14.5 Å². The second-order valence-electron chi connectivity index (χ2n) is 9.45. The Kier molecular flexibility index (Phi) is 9.21. The van der Waals surface area contributed by atoms with E-state index in [2.05, 4.69) is 10.6 Å². The standard InChI is InChI=1S/C25H28ClF5N4O3/c1-24(2,38)23(37)32-14-15-3-5-17(21(28)20(15)27)22(36)33-18-6-4-16(26)13-19(18)35-11-9-34(10-12-35)8-7-25(29,30)31/h3-6,13,38H,7-12,14H2,1-2H3,(H,32,37)(H,33,36). The minimum atomic E-state index is -4.24. The van der Waals surface area contributed by atoms with E-state index in [0.29, 0.717) is 36.9 Å². The van der Waals surface area contributed by atoms with Crippen molar-refractivity contribution in [1.82, 2.24) is 10.2 Å². The highest BCUT2D eigenvalue weighted by Gasteiger charge is 2.29. The van der Waals surface area contributed by atoms with Crippen LogP contribution in [0, 0.1) is 11.6 Å². The summed E-state index contributed by atoms with van der Waals surface area (Å²) in [7, 11) is 0. The van der Waals surface area contributed by atoms with Gasteiger partial charge in [0.15, 0.2) is 11.6 Å². The minimum absolute atomic E-state index is 0.112. The fraction of sp³-hybridized carbons (Fsp3) is 0.440. The Morgan fingerprint density at radius 2 is 1.68 bits per heavy atom. The maximum Gasteiger partial charge on any atom is 0.390 e. The van der Waals surface area contributed by atoms with Crippen LogP contribution in [0.15, 0.2) is 30.3 Å². The summed E-state index contributed by atoms with van der Waals surface area (Å²) in [4.78, 5) is 28.2. The molecule has 1 aliphatic heterocycles. The lowest BCUT2D eigenvalue weighted by molar-refractivity contribution is -0.138. The lowest BCUT2D eigenvalue weighted by Gasteiger charge is -2.37. The third-order valence-electron chi connectivity index (χ3n) is 6.03. The monoisotopic (exact) mass is 562 g/mol. The summed E-state index contributed by atoms with van der Waals surface area (Å²) in [5.74, 6) is -4.44. The van der Waals surface area contributed by atoms with Gasteiger partial charge in [0.25, 0.3) is 11.8 Å². The largest absolute Gasteiger partial charge is 0.390 e. The molecule has 1 fully saturated rings. The van der Waals surface area contributed by atoms with Gasteiger partial charge in [-0.15, -0.1) is 0 Å². The number of anilines is 2. The molecule has 13 heteroatoms. The molecular weight excluding hydrogens is 535 g/mol. The maximum atomic E-state index is 14.8.